The maximum atomic E-state index is 11.5. The SMILES string of the molecule is CC(NCc1nnn(C)n1)C(=O)N(C)C. The first-order chi connectivity index (χ1) is 7.00. The van der Waals surface area contributed by atoms with Gasteiger partial charge in [-0.15, -0.1) is 10.2 Å². The van der Waals surface area contributed by atoms with Gasteiger partial charge in [0, 0.05) is 14.1 Å². The molecule has 0 aliphatic heterocycles. The number of nitrogens with one attached hydrogen (secondary N) is 1. The van der Waals surface area contributed by atoms with Gasteiger partial charge in [-0.2, -0.15) is 4.80 Å². The lowest BCUT2D eigenvalue weighted by Crippen LogP contribution is -2.41. The maximum Gasteiger partial charge on any atom is 0.238 e. The van der Waals surface area contributed by atoms with Crippen LogP contribution in [0.5, 0.6) is 0 Å². The van der Waals surface area contributed by atoms with E-state index in [2.05, 4.69) is 20.7 Å². The Balaban J connectivity index is 2.40. The van der Waals surface area contributed by atoms with E-state index in [0.717, 1.165) is 0 Å². The minimum atomic E-state index is -0.246. The lowest BCUT2D eigenvalue weighted by molar-refractivity contribution is -0.130. The van der Waals surface area contributed by atoms with Crippen molar-refractivity contribution in [1.29, 1.82) is 0 Å². The highest BCUT2D eigenvalue weighted by Gasteiger charge is 2.14. The van der Waals surface area contributed by atoms with Crippen molar-refractivity contribution < 1.29 is 4.79 Å². The van der Waals surface area contributed by atoms with Crippen LogP contribution >= 0.6 is 0 Å². The molecule has 1 rings (SSSR count). The lowest BCUT2D eigenvalue weighted by atomic mass is 10.3. The molecule has 7 nitrogen and oxygen atoms in total. The van der Waals surface area contributed by atoms with Crippen LogP contribution in [0.15, 0.2) is 0 Å². The zero-order chi connectivity index (χ0) is 11.4. The van der Waals surface area contributed by atoms with Crippen LogP contribution in [0.3, 0.4) is 0 Å². The number of hydrogen-bond acceptors (Lipinski definition) is 5. The van der Waals surface area contributed by atoms with Crippen LogP contribution in [-0.4, -0.2) is 51.2 Å². The molecule has 1 amide bonds. The lowest BCUT2D eigenvalue weighted by Gasteiger charge is -2.16. The van der Waals surface area contributed by atoms with Crippen LogP contribution in [0.1, 0.15) is 12.7 Å². The summed E-state index contributed by atoms with van der Waals surface area (Å²) in [7, 11) is 5.15. The highest BCUT2D eigenvalue weighted by molar-refractivity contribution is 5.80. The fourth-order valence-corrected chi connectivity index (χ4v) is 1.11. The molecule has 1 heterocycles. The Labute approximate surface area is 88.4 Å². The molecule has 0 aliphatic carbocycles. The molecule has 0 aliphatic rings. The first-order valence-electron chi connectivity index (χ1n) is 4.68. The van der Waals surface area contributed by atoms with E-state index in [9.17, 15) is 4.79 Å². The average Bonchev–Trinajstić information content (AvgIpc) is 2.59. The predicted molar refractivity (Wildman–Crippen MR) is 53.8 cm³/mol. The molecule has 0 spiro atoms. The summed E-state index contributed by atoms with van der Waals surface area (Å²) in [6.07, 6.45) is 0. The number of rotatable bonds is 4. The Morgan fingerprint density at radius 2 is 2.27 bits per heavy atom. The van der Waals surface area contributed by atoms with Gasteiger partial charge in [-0.05, 0) is 12.1 Å². The van der Waals surface area contributed by atoms with E-state index < -0.39 is 0 Å². The molecule has 0 fully saturated rings. The molecule has 1 aromatic rings. The summed E-state index contributed by atoms with van der Waals surface area (Å²) in [5, 5.41) is 14.5. The van der Waals surface area contributed by atoms with Crippen LogP contribution in [0.4, 0.5) is 0 Å². The molecule has 0 bridgehead atoms. The van der Waals surface area contributed by atoms with E-state index in [0.29, 0.717) is 12.4 Å². The standard InChI is InChI=1S/C8H16N6O/c1-6(8(15)13(2)3)9-5-7-10-12-14(4)11-7/h6,9H,5H2,1-4H3. The fraction of sp³-hybridized carbons (Fsp3) is 0.750. The molecule has 15 heavy (non-hydrogen) atoms. The van der Waals surface area contributed by atoms with Crippen LogP contribution in [-0.2, 0) is 18.4 Å². The third-order valence-electron chi connectivity index (χ3n) is 1.93. The maximum absolute atomic E-state index is 11.5. The van der Waals surface area contributed by atoms with Gasteiger partial charge in [0.05, 0.1) is 19.6 Å². The third kappa shape index (κ3) is 3.28. The number of aromatic nitrogens is 4. The normalized spacial score (nSPS) is 12.5. The topological polar surface area (TPSA) is 75.9 Å². The van der Waals surface area contributed by atoms with Crippen molar-refractivity contribution in [3.8, 4) is 0 Å². The van der Waals surface area contributed by atoms with Gasteiger partial charge in [-0.25, -0.2) is 0 Å². The number of aryl methyl sites for hydroxylation is 1. The fourth-order valence-electron chi connectivity index (χ4n) is 1.11. The first kappa shape index (κ1) is 11.6. The van der Waals surface area contributed by atoms with Gasteiger partial charge in [-0.1, -0.05) is 0 Å². The average molecular weight is 212 g/mol. The zero-order valence-corrected chi connectivity index (χ0v) is 9.43. The first-order valence-corrected chi connectivity index (χ1v) is 4.68. The molecule has 0 aromatic carbocycles. The highest BCUT2D eigenvalue weighted by Crippen LogP contribution is 1.91. The Kier molecular flexibility index (Phi) is 3.73. The van der Waals surface area contributed by atoms with Crippen LogP contribution in [0, 0.1) is 0 Å². The largest absolute Gasteiger partial charge is 0.347 e. The van der Waals surface area contributed by atoms with Crippen molar-refractivity contribution in [3.63, 3.8) is 0 Å². The van der Waals surface area contributed by atoms with E-state index in [1.165, 1.54) is 4.80 Å². The van der Waals surface area contributed by atoms with Gasteiger partial charge in [0.15, 0.2) is 5.82 Å². The van der Waals surface area contributed by atoms with Crippen LogP contribution in [0.25, 0.3) is 0 Å². The second kappa shape index (κ2) is 4.83. The van der Waals surface area contributed by atoms with Crippen molar-refractivity contribution in [1.82, 2.24) is 30.4 Å². The Morgan fingerprint density at radius 1 is 1.60 bits per heavy atom. The summed E-state index contributed by atoms with van der Waals surface area (Å²) in [5.41, 5.74) is 0. The minimum absolute atomic E-state index is 0.0268. The highest BCUT2D eigenvalue weighted by atomic mass is 16.2. The van der Waals surface area contributed by atoms with E-state index in [-0.39, 0.29) is 11.9 Å². The molecular weight excluding hydrogens is 196 g/mol. The predicted octanol–water partition coefficient (Wildman–Crippen LogP) is -1.22. The number of tetrazole rings is 1. The summed E-state index contributed by atoms with van der Waals surface area (Å²) in [5.74, 6) is 0.606. The van der Waals surface area contributed by atoms with E-state index in [4.69, 9.17) is 0 Å². The van der Waals surface area contributed by atoms with Gasteiger partial charge < -0.3 is 4.90 Å². The second-order valence-corrected chi connectivity index (χ2v) is 3.53. The molecule has 7 heteroatoms. The smallest absolute Gasteiger partial charge is 0.238 e. The van der Waals surface area contributed by atoms with Gasteiger partial charge in [0.1, 0.15) is 0 Å². The molecule has 1 N–H and O–H groups in total. The van der Waals surface area contributed by atoms with Crippen molar-refractivity contribution in [2.24, 2.45) is 7.05 Å². The van der Waals surface area contributed by atoms with Gasteiger partial charge in [0.2, 0.25) is 5.91 Å². The third-order valence-corrected chi connectivity index (χ3v) is 1.93. The number of likely N-dealkylation sites (N-methyl/N-ethyl adjacent to an activating group) is 1. The Bertz CT molecular complexity index is 334. The summed E-state index contributed by atoms with van der Waals surface area (Å²) in [6, 6.07) is -0.246. The minimum Gasteiger partial charge on any atom is -0.347 e. The molecule has 1 aromatic heterocycles. The number of nitrogens with zero attached hydrogens (tertiary/aromatic N) is 5. The summed E-state index contributed by atoms with van der Waals surface area (Å²) < 4.78 is 0. The number of carbonyl (C=O) groups is 1. The van der Waals surface area contributed by atoms with E-state index in [1.807, 2.05) is 0 Å². The van der Waals surface area contributed by atoms with Crippen molar-refractivity contribution in [2.75, 3.05) is 14.1 Å². The van der Waals surface area contributed by atoms with Crippen molar-refractivity contribution >= 4 is 5.91 Å². The van der Waals surface area contributed by atoms with Gasteiger partial charge in [-0.3, -0.25) is 10.1 Å². The zero-order valence-electron chi connectivity index (χ0n) is 9.43. The second-order valence-electron chi connectivity index (χ2n) is 3.53. The monoisotopic (exact) mass is 212 g/mol. The molecule has 1 unspecified atom stereocenters. The Hall–Kier alpha value is -1.50. The van der Waals surface area contributed by atoms with E-state index >= 15 is 0 Å². The van der Waals surface area contributed by atoms with Gasteiger partial charge >= 0.3 is 0 Å². The number of hydrogen-bond donors (Lipinski definition) is 1. The Morgan fingerprint density at radius 3 is 2.73 bits per heavy atom. The van der Waals surface area contributed by atoms with E-state index in [1.54, 1.807) is 33.0 Å². The molecular formula is C8H16N6O. The van der Waals surface area contributed by atoms with Crippen molar-refractivity contribution in [3.05, 3.63) is 5.82 Å². The molecule has 0 saturated heterocycles. The van der Waals surface area contributed by atoms with Crippen LogP contribution < -0.4 is 5.32 Å². The summed E-state index contributed by atoms with van der Waals surface area (Å²) in [4.78, 5) is 14.4. The molecule has 0 saturated carbocycles. The number of carbonyl (C=O) groups excluding carboxylic acids is 1. The quantitative estimate of drug-likeness (QED) is 0.676. The van der Waals surface area contributed by atoms with Crippen molar-refractivity contribution in [2.45, 2.75) is 19.5 Å². The molecule has 0 radical (unpaired) electrons. The van der Waals surface area contributed by atoms with Gasteiger partial charge in [0.25, 0.3) is 0 Å². The summed E-state index contributed by atoms with van der Waals surface area (Å²) >= 11 is 0. The molecule has 1 atom stereocenters. The van der Waals surface area contributed by atoms with Crippen LogP contribution in [0.2, 0.25) is 0 Å². The summed E-state index contributed by atoms with van der Waals surface area (Å²) in [6.45, 7) is 2.24. The number of amides is 1. The molecule has 84 valence electrons.